The number of hydrogen-bond donors (Lipinski definition) is 1. The normalized spacial score (nSPS) is 11.5. The molecule has 2 rings (SSSR count). The zero-order valence-corrected chi connectivity index (χ0v) is 17.5. The molecule has 0 aromatic heterocycles. The van der Waals surface area contributed by atoms with Crippen LogP contribution in [0.2, 0.25) is 0 Å². The summed E-state index contributed by atoms with van der Waals surface area (Å²) in [7, 11) is 1.46. The number of ether oxygens (including phenoxy) is 2. The first kappa shape index (κ1) is 22.9. The third-order valence-electron chi connectivity index (χ3n) is 4.36. The number of carbonyl (C=O) groups excluding carboxylic acids is 3. The van der Waals surface area contributed by atoms with Gasteiger partial charge in [0.1, 0.15) is 25.8 Å². The van der Waals surface area contributed by atoms with Crippen LogP contribution in [0, 0.1) is 5.92 Å². The van der Waals surface area contributed by atoms with Gasteiger partial charge < -0.3 is 19.7 Å². The van der Waals surface area contributed by atoms with E-state index in [9.17, 15) is 14.4 Å². The van der Waals surface area contributed by atoms with Gasteiger partial charge in [0.15, 0.2) is 0 Å². The fourth-order valence-electron chi connectivity index (χ4n) is 2.64. The van der Waals surface area contributed by atoms with Gasteiger partial charge in [-0.1, -0.05) is 74.5 Å². The van der Waals surface area contributed by atoms with Crippen LogP contribution in [0.5, 0.6) is 0 Å². The monoisotopic (exact) mass is 412 g/mol. The first-order valence-corrected chi connectivity index (χ1v) is 9.78. The van der Waals surface area contributed by atoms with Crippen molar-refractivity contribution in [3.8, 4) is 0 Å². The molecule has 7 heteroatoms. The van der Waals surface area contributed by atoms with Crippen molar-refractivity contribution in [2.45, 2.75) is 33.1 Å². The van der Waals surface area contributed by atoms with Crippen molar-refractivity contribution >= 4 is 18.0 Å². The lowest BCUT2D eigenvalue weighted by molar-refractivity contribution is -0.150. The van der Waals surface area contributed by atoms with Gasteiger partial charge in [-0.3, -0.25) is 4.79 Å². The summed E-state index contributed by atoms with van der Waals surface area (Å²) in [6.45, 7) is 3.64. The number of nitrogens with zero attached hydrogens (tertiary/aromatic N) is 1. The van der Waals surface area contributed by atoms with Gasteiger partial charge in [-0.2, -0.15) is 0 Å². The van der Waals surface area contributed by atoms with E-state index in [1.165, 1.54) is 7.05 Å². The second-order valence-corrected chi connectivity index (χ2v) is 7.28. The number of likely N-dealkylation sites (N-methyl/N-ethyl adjacent to an activating group) is 1. The van der Waals surface area contributed by atoms with Gasteiger partial charge in [-0.15, -0.1) is 0 Å². The molecule has 2 aromatic rings. The Labute approximate surface area is 177 Å². The highest BCUT2D eigenvalue weighted by Crippen LogP contribution is 2.08. The van der Waals surface area contributed by atoms with Crippen molar-refractivity contribution in [2.75, 3.05) is 13.6 Å². The summed E-state index contributed by atoms with van der Waals surface area (Å²) in [5.41, 5.74) is 1.71. The maximum Gasteiger partial charge on any atom is 0.410 e. The van der Waals surface area contributed by atoms with Gasteiger partial charge in [0, 0.05) is 7.05 Å². The molecule has 0 spiro atoms. The molecule has 2 amide bonds. The highest BCUT2D eigenvalue weighted by molar-refractivity contribution is 5.87. The summed E-state index contributed by atoms with van der Waals surface area (Å²) in [4.78, 5) is 38.0. The molecule has 1 atom stereocenters. The van der Waals surface area contributed by atoms with E-state index in [2.05, 4.69) is 5.32 Å². The predicted octanol–water partition coefficient (Wildman–Crippen LogP) is 3.14. The molecule has 0 unspecified atom stereocenters. The predicted molar refractivity (Wildman–Crippen MR) is 112 cm³/mol. The topological polar surface area (TPSA) is 84.9 Å². The summed E-state index contributed by atoms with van der Waals surface area (Å²) >= 11 is 0. The van der Waals surface area contributed by atoms with Crippen LogP contribution in [0.1, 0.15) is 25.0 Å². The first-order valence-electron chi connectivity index (χ1n) is 9.78. The molecule has 7 nitrogen and oxygen atoms in total. The molecule has 0 bridgehead atoms. The van der Waals surface area contributed by atoms with Crippen LogP contribution in [-0.2, 0) is 32.3 Å². The molecule has 0 aliphatic rings. The summed E-state index contributed by atoms with van der Waals surface area (Å²) in [5.74, 6) is -1.16. The minimum atomic E-state index is -0.810. The van der Waals surface area contributed by atoms with Gasteiger partial charge in [0.05, 0.1) is 0 Å². The molecular weight excluding hydrogens is 384 g/mol. The smallest absolute Gasteiger partial charge is 0.410 e. The van der Waals surface area contributed by atoms with Gasteiger partial charge in [0.25, 0.3) is 0 Å². The van der Waals surface area contributed by atoms with Crippen molar-refractivity contribution < 1.29 is 23.9 Å². The lowest BCUT2D eigenvalue weighted by atomic mass is 10.0. The fraction of sp³-hybridized carbons (Fsp3) is 0.348. The van der Waals surface area contributed by atoms with Crippen molar-refractivity contribution in [1.29, 1.82) is 0 Å². The van der Waals surface area contributed by atoms with E-state index in [1.54, 1.807) is 0 Å². The summed E-state index contributed by atoms with van der Waals surface area (Å²) in [5, 5.41) is 2.65. The molecule has 160 valence electrons. The summed E-state index contributed by atoms with van der Waals surface area (Å²) in [6, 6.07) is 17.7. The van der Waals surface area contributed by atoms with E-state index in [0.717, 1.165) is 16.0 Å². The lowest BCUT2D eigenvalue weighted by Gasteiger charge is -2.23. The first-order chi connectivity index (χ1) is 14.4. The van der Waals surface area contributed by atoms with Crippen LogP contribution in [0.15, 0.2) is 60.7 Å². The number of nitrogens with one attached hydrogen (secondary N) is 1. The van der Waals surface area contributed by atoms with E-state index in [-0.39, 0.29) is 25.7 Å². The Morgan fingerprint density at radius 1 is 0.867 bits per heavy atom. The van der Waals surface area contributed by atoms with Crippen LogP contribution in [0.25, 0.3) is 0 Å². The van der Waals surface area contributed by atoms with E-state index in [1.807, 2.05) is 74.5 Å². The molecule has 30 heavy (non-hydrogen) atoms. The molecule has 0 aliphatic carbocycles. The van der Waals surface area contributed by atoms with Crippen LogP contribution in [0.4, 0.5) is 4.79 Å². The van der Waals surface area contributed by atoms with E-state index >= 15 is 0 Å². The molecule has 1 N–H and O–H groups in total. The van der Waals surface area contributed by atoms with Gasteiger partial charge in [-0.05, 0) is 17.0 Å². The zero-order chi connectivity index (χ0) is 21.9. The quantitative estimate of drug-likeness (QED) is 0.640. The number of hydrogen-bond acceptors (Lipinski definition) is 5. The maximum atomic E-state index is 12.4. The van der Waals surface area contributed by atoms with Crippen molar-refractivity contribution in [3.05, 3.63) is 71.8 Å². The largest absolute Gasteiger partial charge is 0.459 e. The Hall–Kier alpha value is -3.35. The van der Waals surface area contributed by atoms with Gasteiger partial charge in [-0.25, -0.2) is 9.59 Å². The molecular formula is C23H28N2O5. The lowest BCUT2D eigenvalue weighted by Crippen LogP contribution is -2.49. The number of amides is 2. The molecule has 0 saturated carbocycles. The van der Waals surface area contributed by atoms with E-state index < -0.39 is 24.0 Å². The molecule has 2 aromatic carbocycles. The highest BCUT2D eigenvalue weighted by Gasteiger charge is 2.26. The van der Waals surface area contributed by atoms with E-state index in [0.29, 0.717) is 0 Å². The minimum absolute atomic E-state index is 0.117. The second-order valence-electron chi connectivity index (χ2n) is 7.28. The second kappa shape index (κ2) is 11.6. The Bertz CT molecular complexity index is 824. The van der Waals surface area contributed by atoms with Crippen molar-refractivity contribution in [2.24, 2.45) is 5.92 Å². The number of rotatable bonds is 9. The molecule has 0 fully saturated rings. The average Bonchev–Trinajstić information content (AvgIpc) is 2.75. The number of benzene rings is 2. The van der Waals surface area contributed by atoms with Crippen molar-refractivity contribution in [1.82, 2.24) is 10.2 Å². The molecule has 0 heterocycles. The number of esters is 1. The Balaban J connectivity index is 1.81. The fourth-order valence-corrected chi connectivity index (χ4v) is 2.64. The van der Waals surface area contributed by atoms with Gasteiger partial charge >= 0.3 is 12.1 Å². The van der Waals surface area contributed by atoms with Crippen LogP contribution in [-0.4, -0.2) is 42.5 Å². The third kappa shape index (κ3) is 7.58. The van der Waals surface area contributed by atoms with Gasteiger partial charge in [0.2, 0.25) is 5.91 Å². The van der Waals surface area contributed by atoms with Crippen LogP contribution >= 0.6 is 0 Å². The third-order valence-corrected chi connectivity index (χ3v) is 4.36. The maximum absolute atomic E-state index is 12.4. The van der Waals surface area contributed by atoms with Crippen LogP contribution < -0.4 is 5.32 Å². The molecule has 0 radical (unpaired) electrons. The minimum Gasteiger partial charge on any atom is -0.459 e. The van der Waals surface area contributed by atoms with Crippen LogP contribution in [0.3, 0.4) is 0 Å². The average molecular weight is 412 g/mol. The Morgan fingerprint density at radius 2 is 1.37 bits per heavy atom. The summed E-state index contributed by atoms with van der Waals surface area (Å²) in [6.07, 6.45) is -0.623. The van der Waals surface area contributed by atoms with Crippen molar-refractivity contribution in [3.63, 3.8) is 0 Å². The Morgan fingerprint density at radius 3 is 1.87 bits per heavy atom. The zero-order valence-electron chi connectivity index (χ0n) is 17.5. The molecule has 0 saturated heterocycles. The highest BCUT2D eigenvalue weighted by atomic mass is 16.6. The number of carbonyl (C=O) groups is 3. The SMILES string of the molecule is CC(C)[C@H](NC(=O)CN(C)C(=O)OCc1ccccc1)C(=O)OCc1ccccc1. The van der Waals surface area contributed by atoms with E-state index in [4.69, 9.17) is 9.47 Å². The Kier molecular flexibility index (Phi) is 8.87. The summed E-state index contributed by atoms with van der Waals surface area (Å²) < 4.78 is 10.5. The molecule has 0 aliphatic heterocycles. The standard InChI is InChI=1S/C23H28N2O5/c1-17(2)21(22(27)29-15-18-10-6-4-7-11-18)24-20(26)14-25(3)23(28)30-16-19-12-8-5-9-13-19/h4-13,17,21H,14-16H2,1-3H3,(H,24,26)/t21-/m0/s1.